The van der Waals surface area contributed by atoms with E-state index in [4.69, 9.17) is 48.3 Å². The number of rotatable bonds is 13. The van der Waals surface area contributed by atoms with Gasteiger partial charge < -0.3 is 19.9 Å². The maximum absolute atomic E-state index is 14.3. The number of carbonyl (C=O) groups is 1. The molecule has 42 heavy (non-hydrogen) atoms. The first kappa shape index (κ1) is 29.7. The molecule has 0 aromatic heterocycles. The Kier molecular flexibility index (Phi) is 9.55. The van der Waals surface area contributed by atoms with Crippen LogP contribution in [0.3, 0.4) is 0 Å². The van der Waals surface area contributed by atoms with Crippen LogP contribution >= 0.6 is 23.2 Å². The van der Waals surface area contributed by atoms with Crippen molar-refractivity contribution in [2.45, 2.75) is 43.9 Å². The Labute approximate surface area is 254 Å². The molecule has 1 aliphatic carbocycles. The Hall–Kier alpha value is -3.75. The first-order valence-electron chi connectivity index (χ1n) is 13.8. The second-order valence-electron chi connectivity index (χ2n) is 10.4. The van der Waals surface area contributed by atoms with Crippen molar-refractivity contribution in [1.29, 1.82) is 0 Å². The zero-order valence-corrected chi connectivity index (χ0v) is 24.4. The number of aliphatic hydroxyl groups excluding tert-OH is 1. The maximum atomic E-state index is 14.3. The highest BCUT2D eigenvalue weighted by molar-refractivity contribution is 6.35. The summed E-state index contributed by atoms with van der Waals surface area (Å²) >= 11 is 13.0. The van der Waals surface area contributed by atoms with Crippen LogP contribution in [0.2, 0.25) is 10.0 Å². The molecule has 0 bridgehead atoms. The summed E-state index contributed by atoms with van der Waals surface area (Å²) in [6.45, 7) is 1.12. The average Bonchev–Trinajstić information content (AvgIpc) is 3.75. The molecule has 1 fully saturated rings. The summed E-state index contributed by atoms with van der Waals surface area (Å²) in [6, 6.07) is 19.9. The van der Waals surface area contributed by atoms with Crippen molar-refractivity contribution in [3.05, 3.63) is 109 Å². The minimum Gasteiger partial charge on any atom is -0.494 e. The molecular weight excluding hydrogens is 577 g/mol. The second kappa shape index (κ2) is 13.5. The number of hydrogen-bond donors (Lipinski definition) is 2. The lowest BCUT2D eigenvalue weighted by Crippen LogP contribution is -2.50. The van der Waals surface area contributed by atoms with Gasteiger partial charge in [0.05, 0.1) is 13.2 Å². The van der Waals surface area contributed by atoms with Crippen LogP contribution in [0.15, 0.2) is 76.8 Å². The third kappa shape index (κ3) is 6.82. The van der Waals surface area contributed by atoms with Crippen molar-refractivity contribution >= 4 is 35.0 Å². The van der Waals surface area contributed by atoms with Gasteiger partial charge in [-0.2, -0.15) is 0 Å². The maximum Gasteiger partial charge on any atom is 0.252 e. The zero-order chi connectivity index (χ0) is 29.5. The summed E-state index contributed by atoms with van der Waals surface area (Å²) in [5.41, 5.74) is 10.4. The molecular formula is C31H31Cl2N5O4. The highest BCUT2D eigenvalue weighted by atomic mass is 35.5. The molecule has 2 aliphatic rings. The molecule has 0 radical (unpaired) electrons. The van der Waals surface area contributed by atoms with Crippen LogP contribution in [0.5, 0.6) is 5.75 Å². The normalized spacial score (nSPS) is 19.4. The first-order valence-corrected chi connectivity index (χ1v) is 14.6. The minimum absolute atomic E-state index is 0.0499. The number of aliphatic imine (C=N–C) groups is 1. The summed E-state index contributed by atoms with van der Waals surface area (Å²) in [5.74, 6) is 1.11. The van der Waals surface area contributed by atoms with E-state index in [1.807, 2.05) is 36.4 Å². The lowest BCUT2D eigenvalue weighted by atomic mass is 9.80. The lowest BCUT2D eigenvalue weighted by molar-refractivity contribution is -0.129. The topological polar surface area (TPSA) is 129 Å². The van der Waals surface area contributed by atoms with Crippen LogP contribution in [0.25, 0.3) is 10.4 Å². The number of hydrogen-bond acceptors (Lipinski definition) is 6. The van der Waals surface area contributed by atoms with E-state index in [1.165, 1.54) is 0 Å². The lowest BCUT2D eigenvalue weighted by Gasteiger charge is -2.32. The largest absolute Gasteiger partial charge is 0.494 e. The van der Waals surface area contributed by atoms with Gasteiger partial charge in [0.25, 0.3) is 5.91 Å². The van der Waals surface area contributed by atoms with Gasteiger partial charge in [-0.15, -0.1) is 0 Å². The molecule has 2 N–H and O–H groups in total. The van der Waals surface area contributed by atoms with Crippen LogP contribution in [0.1, 0.15) is 47.6 Å². The first-order chi connectivity index (χ1) is 20.4. The average molecular weight is 609 g/mol. The van der Waals surface area contributed by atoms with E-state index < -0.39 is 11.6 Å². The van der Waals surface area contributed by atoms with E-state index in [0.717, 1.165) is 24.0 Å². The molecule has 1 aliphatic heterocycles. The molecule has 218 valence electrons. The molecule has 9 nitrogen and oxygen atoms in total. The molecule has 11 heteroatoms. The van der Waals surface area contributed by atoms with Crippen LogP contribution < -0.4 is 10.1 Å². The number of aliphatic hydroxyl groups is 1. The number of carbonyl (C=O) groups excluding carboxylic acids is 1. The van der Waals surface area contributed by atoms with Crippen molar-refractivity contribution < 1.29 is 19.4 Å². The summed E-state index contributed by atoms with van der Waals surface area (Å²) in [5, 5.41) is 16.8. The number of nitrogens with zero attached hydrogens (tertiary/aromatic N) is 4. The van der Waals surface area contributed by atoms with Gasteiger partial charge in [-0.1, -0.05) is 58.6 Å². The predicted molar refractivity (Wildman–Crippen MR) is 162 cm³/mol. The molecule has 1 heterocycles. The third-order valence-electron chi connectivity index (χ3n) is 7.41. The monoisotopic (exact) mass is 607 g/mol. The molecule has 3 aromatic carbocycles. The number of azide groups is 1. The molecule has 1 saturated carbocycles. The SMILES string of the molecule is [N-]=[N+]=NCc1ccccc1C[C@@]1(C(=O)NCC2CC2)N=C(c2ccc(OCCCO)cc2)O[C@@H]1c1ccc(Cl)cc1Cl. The van der Waals surface area contributed by atoms with E-state index in [-0.39, 0.29) is 25.5 Å². The van der Waals surface area contributed by atoms with Gasteiger partial charge in [-0.25, -0.2) is 4.99 Å². The van der Waals surface area contributed by atoms with Crippen molar-refractivity contribution in [3.63, 3.8) is 0 Å². The fourth-order valence-corrected chi connectivity index (χ4v) is 5.48. The molecule has 0 unspecified atom stereocenters. The minimum atomic E-state index is -1.43. The Morgan fingerprint density at radius 1 is 1.14 bits per heavy atom. The second-order valence-corrected chi connectivity index (χ2v) is 11.3. The number of benzene rings is 3. The number of halogens is 2. The fourth-order valence-electron chi connectivity index (χ4n) is 4.97. The molecule has 0 saturated heterocycles. The van der Waals surface area contributed by atoms with Crippen molar-refractivity contribution in [2.75, 3.05) is 19.8 Å². The number of amides is 1. The standard InChI is InChI=1S/C31H31Cl2N5O4/c32-24-10-13-26(27(33)16-24)28-31(30(40)35-18-20-6-7-20,17-22-4-1-2-5-23(22)19-36-38-34)37-29(42-28)21-8-11-25(12-9-21)41-15-3-14-39/h1-2,4-5,8-13,16,20,28,39H,3,6-7,14-15,17-19H2,(H,35,40)/t28-,31-/m1/s1. The van der Waals surface area contributed by atoms with Gasteiger partial charge in [0, 0.05) is 52.1 Å². The quantitative estimate of drug-likeness (QED) is 0.0982. The van der Waals surface area contributed by atoms with Gasteiger partial charge in [-0.05, 0) is 71.8 Å². The smallest absolute Gasteiger partial charge is 0.252 e. The third-order valence-corrected chi connectivity index (χ3v) is 7.97. The Balaban J connectivity index is 1.59. The van der Waals surface area contributed by atoms with E-state index in [2.05, 4.69) is 15.3 Å². The molecule has 3 aromatic rings. The van der Waals surface area contributed by atoms with Crippen LogP contribution in [-0.4, -0.2) is 42.2 Å². The number of ether oxygens (including phenoxy) is 2. The Bertz CT molecular complexity index is 1510. The zero-order valence-electron chi connectivity index (χ0n) is 22.9. The van der Waals surface area contributed by atoms with Gasteiger partial charge >= 0.3 is 0 Å². The van der Waals surface area contributed by atoms with Gasteiger partial charge in [0.1, 0.15) is 5.75 Å². The molecule has 0 spiro atoms. The van der Waals surface area contributed by atoms with Crippen LogP contribution in [0.4, 0.5) is 0 Å². The van der Waals surface area contributed by atoms with Gasteiger partial charge in [0.15, 0.2) is 11.6 Å². The Morgan fingerprint density at radius 2 is 1.90 bits per heavy atom. The Morgan fingerprint density at radius 3 is 2.60 bits per heavy atom. The summed E-state index contributed by atoms with van der Waals surface area (Å²) in [7, 11) is 0. The number of nitrogens with one attached hydrogen (secondary N) is 1. The van der Waals surface area contributed by atoms with E-state index >= 15 is 0 Å². The summed E-state index contributed by atoms with van der Waals surface area (Å²) in [6.07, 6.45) is 1.99. The highest BCUT2D eigenvalue weighted by Crippen LogP contribution is 2.45. The predicted octanol–water partition coefficient (Wildman–Crippen LogP) is 6.59. The van der Waals surface area contributed by atoms with Crippen molar-refractivity contribution in [2.24, 2.45) is 16.0 Å². The van der Waals surface area contributed by atoms with E-state index in [1.54, 1.807) is 30.3 Å². The van der Waals surface area contributed by atoms with Gasteiger partial charge in [-0.3, -0.25) is 4.79 Å². The summed E-state index contributed by atoms with van der Waals surface area (Å²) < 4.78 is 12.2. The van der Waals surface area contributed by atoms with Crippen molar-refractivity contribution in [1.82, 2.24) is 5.32 Å². The van der Waals surface area contributed by atoms with E-state index in [0.29, 0.717) is 58.3 Å². The van der Waals surface area contributed by atoms with Crippen molar-refractivity contribution in [3.8, 4) is 5.75 Å². The van der Waals surface area contributed by atoms with Crippen LogP contribution in [-0.2, 0) is 22.5 Å². The molecule has 2 atom stereocenters. The molecule has 1 amide bonds. The fraction of sp³-hybridized carbons (Fsp3) is 0.355. The van der Waals surface area contributed by atoms with E-state index in [9.17, 15) is 4.79 Å². The van der Waals surface area contributed by atoms with Crippen LogP contribution in [0, 0.1) is 5.92 Å². The van der Waals surface area contributed by atoms with Gasteiger partial charge in [0.2, 0.25) is 5.90 Å². The highest BCUT2D eigenvalue weighted by Gasteiger charge is 2.54. The molecule has 5 rings (SSSR count). The summed E-state index contributed by atoms with van der Waals surface area (Å²) in [4.78, 5) is 22.2.